The largest absolute Gasteiger partial charge is 0.469 e. The lowest BCUT2D eigenvalue weighted by molar-refractivity contribution is -0.140. The van der Waals surface area contributed by atoms with Crippen molar-refractivity contribution in [2.24, 2.45) is 0 Å². The Morgan fingerprint density at radius 2 is 1.81 bits per heavy atom. The summed E-state index contributed by atoms with van der Waals surface area (Å²) < 4.78 is 4.55. The first-order chi connectivity index (χ1) is 10.1. The smallest absolute Gasteiger partial charge is 0.315 e. The number of benzene rings is 1. The Bertz CT molecular complexity index is 449. The summed E-state index contributed by atoms with van der Waals surface area (Å²) in [4.78, 5) is 22.4. The molecule has 6 heteroatoms. The predicted molar refractivity (Wildman–Crippen MR) is 82.2 cm³/mol. The third-order valence-electron chi connectivity index (χ3n) is 2.94. The first-order valence-corrected chi connectivity index (χ1v) is 7.32. The Labute approximate surface area is 130 Å². The van der Waals surface area contributed by atoms with Gasteiger partial charge < -0.3 is 15.4 Å². The van der Waals surface area contributed by atoms with Crippen LogP contribution in [0.15, 0.2) is 24.3 Å². The van der Waals surface area contributed by atoms with Crippen LogP contribution in [0.4, 0.5) is 4.79 Å². The van der Waals surface area contributed by atoms with Gasteiger partial charge in [-0.3, -0.25) is 4.79 Å². The minimum absolute atomic E-state index is 0.191. The lowest BCUT2D eigenvalue weighted by Crippen LogP contribution is -2.35. The second-order valence-electron chi connectivity index (χ2n) is 4.62. The number of unbranched alkanes of at least 4 members (excludes halogenated alkanes) is 2. The van der Waals surface area contributed by atoms with Gasteiger partial charge in [0, 0.05) is 24.5 Å². The number of halogens is 1. The summed E-state index contributed by atoms with van der Waals surface area (Å²) in [6.45, 7) is 1.05. The number of esters is 1. The molecule has 0 atom stereocenters. The van der Waals surface area contributed by atoms with Gasteiger partial charge in [0.15, 0.2) is 0 Å². The average Bonchev–Trinajstić information content (AvgIpc) is 2.49. The Hall–Kier alpha value is -1.75. The molecule has 2 amide bonds. The molecule has 0 fully saturated rings. The highest BCUT2D eigenvalue weighted by atomic mass is 35.5. The van der Waals surface area contributed by atoms with E-state index in [9.17, 15) is 9.59 Å². The topological polar surface area (TPSA) is 67.4 Å². The lowest BCUT2D eigenvalue weighted by Gasteiger charge is -2.07. The molecule has 0 radical (unpaired) electrons. The number of methoxy groups -OCH3 is 1. The summed E-state index contributed by atoms with van der Waals surface area (Å²) in [5, 5.41) is 6.22. The zero-order chi connectivity index (χ0) is 15.5. The van der Waals surface area contributed by atoms with E-state index in [1.807, 2.05) is 12.1 Å². The van der Waals surface area contributed by atoms with Crippen molar-refractivity contribution >= 4 is 23.6 Å². The van der Waals surface area contributed by atoms with Gasteiger partial charge in [-0.15, -0.1) is 0 Å². The molecular formula is C15H21ClN2O3. The summed E-state index contributed by atoms with van der Waals surface area (Å²) in [6.07, 6.45) is 2.93. The third-order valence-corrected chi connectivity index (χ3v) is 3.19. The van der Waals surface area contributed by atoms with Gasteiger partial charge in [0.2, 0.25) is 0 Å². The maximum Gasteiger partial charge on any atom is 0.315 e. The molecule has 1 rings (SSSR count). The Kier molecular flexibility index (Phi) is 8.28. The fraction of sp³-hybridized carbons (Fsp3) is 0.467. The minimum atomic E-state index is -0.196. The van der Waals surface area contributed by atoms with E-state index in [1.54, 1.807) is 12.1 Å². The molecule has 5 nitrogen and oxygen atoms in total. The third kappa shape index (κ3) is 8.19. The van der Waals surface area contributed by atoms with Crippen LogP contribution in [0, 0.1) is 0 Å². The van der Waals surface area contributed by atoms with Gasteiger partial charge in [-0.1, -0.05) is 30.2 Å². The van der Waals surface area contributed by atoms with E-state index in [4.69, 9.17) is 11.6 Å². The highest BCUT2D eigenvalue weighted by Crippen LogP contribution is 2.09. The quantitative estimate of drug-likeness (QED) is 0.573. The average molecular weight is 313 g/mol. The normalized spacial score (nSPS) is 10.0. The van der Waals surface area contributed by atoms with Crippen molar-refractivity contribution in [1.29, 1.82) is 0 Å². The van der Waals surface area contributed by atoms with E-state index in [1.165, 1.54) is 7.11 Å². The summed E-state index contributed by atoms with van der Waals surface area (Å²) in [5.74, 6) is -0.191. The molecular weight excluding hydrogens is 292 g/mol. The van der Waals surface area contributed by atoms with Crippen LogP contribution in [0.2, 0.25) is 5.02 Å². The van der Waals surface area contributed by atoms with Crippen LogP contribution in [0.1, 0.15) is 31.2 Å². The van der Waals surface area contributed by atoms with Gasteiger partial charge in [0.05, 0.1) is 7.11 Å². The van der Waals surface area contributed by atoms with Crippen molar-refractivity contribution in [2.45, 2.75) is 32.2 Å². The number of amides is 2. The van der Waals surface area contributed by atoms with Crippen LogP contribution in [0.5, 0.6) is 0 Å². The van der Waals surface area contributed by atoms with Crippen molar-refractivity contribution in [1.82, 2.24) is 10.6 Å². The van der Waals surface area contributed by atoms with E-state index < -0.39 is 0 Å². The van der Waals surface area contributed by atoms with Crippen LogP contribution >= 0.6 is 11.6 Å². The van der Waals surface area contributed by atoms with E-state index >= 15 is 0 Å². The molecule has 0 bridgehead atoms. The van der Waals surface area contributed by atoms with Gasteiger partial charge in [0.1, 0.15) is 0 Å². The van der Waals surface area contributed by atoms with Crippen molar-refractivity contribution in [3.63, 3.8) is 0 Å². The number of hydrogen-bond donors (Lipinski definition) is 2. The van der Waals surface area contributed by atoms with Crippen molar-refractivity contribution in [3.05, 3.63) is 34.9 Å². The molecule has 2 N–H and O–H groups in total. The summed E-state index contributed by atoms with van der Waals surface area (Å²) >= 11 is 5.78. The molecule has 0 aliphatic rings. The first-order valence-electron chi connectivity index (χ1n) is 6.95. The molecule has 1 aromatic rings. The van der Waals surface area contributed by atoms with Crippen LogP contribution in [-0.2, 0) is 16.1 Å². The highest BCUT2D eigenvalue weighted by molar-refractivity contribution is 6.30. The van der Waals surface area contributed by atoms with Gasteiger partial charge >= 0.3 is 12.0 Å². The Balaban J connectivity index is 2.04. The zero-order valence-corrected chi connectivity index (χ0v) is 12.9. The predicted octanol–water partition coefficient (Wildman–Crippen LogP) is 2.87. The minimum Gasteiger partial charge on any atom is -0.469 e. The number of hydrogen-bond acceptors (Lipinski definition) is 3. The molecule has 0 heterocycles. The van der Waals surface area contributed by atoms with E-state index in [0.717, 1.165) is 24.8 Å². The molecule has 0 aromatic heterocycles. The van der Waals surface area contributed by atoms with E-state index in [2.05, 4.69) is 15.4 Å². The van der Waals surface area contributed by atoms with Crippen LogP contribution < -0.4 is 10.6 Å². The summed E-state index contributed by atoms with van der Waals surface area (Å²) in [6, 6.07) is 7.12. The standard InChI is InChI=1S/C15H21ClN2O3/c1-21-14(19)5-3-2-4-10-17-15(20)18-11-12-6-8-13(16)9-7-12/h6-9H,2-5,10-11H2,1H3,(H2,17,18,20). The fourth-order valence-corrected chi connectivity index (χ4v) is 1.85. The molecule has 0 unspecified atom stereocenters. The molecule has 0 spiro atoms. The number of ether oxygens (including phenoxy) is 1. The zero-order valence-electron chi connectivity index (χ0n) is 12.2. The highest BCUT2D eigenvalue weighted by Gasteiger charge is 2.01. The lowest BCUT2D eigenvalue weighted by atomic mass is 10.2. The molecule has 0 saturated carbocycles. The molecule has 116 valence electrons. The number of rotatable bonds is 8. The SMILES string of the molecule is COC(=O)CCCCCNC(=O)NCc1ccc(Cl)cc1. The molecule has 21 heavy (non-hydrogen) atoms. The Morgan fingerprint density at radius 1 is 1.10 bits per heavy atom. The van der Waals surface area contributed by atoms with Gasteiger partial charge in [-0.05, 0) is 30.5 Å². The van der Waals surface area contributed by atoms with Crippen LogP contribution in [0.25, 0.3) is 0 Å². The monoisotopic (exact) mass is 312 g/mol. The summed E-state index contributed by atoms with van der Waals surface area (Å²) in [7, 11) is 1.38. The number of carbonyl (C=O) groups excluding carboxylic acids is 2. The van der Waals surface area contributed by atoms with Gasteiger partial charge in [-0.2, -0.15) is 0 Å². The molecule has 0 aliphatic carbocycles. The maximum atomic E-state index is 11.5. The maximum absolute atomic E-state index is 11.5. The van der Waals surface area contributed by atoms with Crippen molar-refractivity contribution in [2.75, 3.05) is 13.7 Å². The second-order valence-corrected chi connectivity index (χ2v) is 5.06. The Morgan fingerprint density at radius 3 is 2.48 bits per heavy atom. The molecule has 0 saturated heterocycles. The summed E-state index contributed by atoms with van der Waals surface area (Å²) in [5.41, 5.74) is 0.993. The van der Waals surface area contributed by atoms with Crippen LogP contribution in [-0.4, -0.2) is 25.7 Å². The number of nitrogens with one attached hydrogen (secondary N) is 2. The van der Waals surface area contributed by atoms with Crippen molar-refractivity contribution < 1.29 is 14.3 Å². The van der Waals surface area contributed by atoms with E-state index in [0.29, 0.717) is 24.5 Å². The number of carbonyl (C=O) groups is 2. The van der Waals surface area contributed by atoms with Crippen LogP contribution in [0.3, 0.4) is 0 Å². The second kappa shape index (κ2) is 10.0. The van der Waals surface area contributed by atoms with Gasteiger partial charge in [-0.25, -0.2) is 4.79 Å². The van der Waals surface area contributed by atoms with Crippen molar-refractivity contribution in [3.8, 4) is 0 Å². The van der Waals surface area contributed by atoms with Gasteiger partial charge in [0.25, 0.3) is 0 Å². The molecule has 0 aliphatic heterocycles. The molecule has 1 aromatic carbocycles. The number of urea groups is 1. The van der Waals surface area contributed by atoms with E-state index in [-0.39, 0.29) is 12.0 Å². The fourth-order valence-electron chi connectivity index (χ4n) is 1.72. The first kappa shape index (κ1) is 17.3.